The van der Waals surface area contributed by atoms with Gasteiger partial charge in [-0.2, -0.15) is 8.42 Å². The lowest BCUT2D eigenvalue weighted by Gasteiger charge is -2.19. The highest BCUT2D eigenvalue weighted by Crippen LogP contribution is 2.25. The Bertz CT molecular complexity index is 422. The predicted octanol–water partition coefficient (Wildman–Crippen LogP) is 0.639. The van der Waals surface area contributed by atoms with Crippen LogP contribution in [-0.2, 0) is 29.7 Å². The molecule has 0 aromatic heterocycles. The first kappa shape index (κ1) is 13.7. The second-order valence-corrected chi connectivity index (χ2v) is 4.79. The molecular formula is C10H14O6S. The second kappa shape index (κ2) is 6.39. The topological polar surface area (TPSA) is 86.7 Å². The Kier molecular flexibility index (Phi) is 5.14. The van der Waals surface area contributed by atoms with Crippen LogP contribution in [0.1, 0.15) is 39.0 Å². The van der Waals surface area contributed by atoms with Gasteiger partial charge in [0.2, 0.25) is 10.3 Å². The van der Waals surface area contributed by atoms with Gasteiger partial charge in [-0.25, -0.2) is 19.4 Å². The highest BCUT2D eigenvalue weighted by atomic mass is 32.2. The zero-order chi connectivity index (χ0) is 12.8. The van der Waals surface area contributed by atoms with Gasteiger partial charge in [0.05, 0.1) is 0 Å². The molecule has 96 valence electrons. The second-order valence-electron chi connectivity index (χ2n) is 3.88. The molecule has 1 rings (SSSR count). The molecule has 0 bridgehead atoms. The standard InChI is InChI=1S/C10H14O6S/c1-7(11)15-16-10(12)9(17(13)14)8-5-3-2-4-6-8/h8H,2-6H2,1H3. The third-order valence-electron chi connectivity index (χ3n) is 2.59. The SMILES string of the molecule is CC(=O)OOC(=O)C(C1CCCCC1)=S(=O)=O. The average Bonchev–Trinajstić information content (AvgIpc) is 2.27. The molecule has 0 unspecified atom stereocenters. The summed E-state index contributed by atoms with van der Waals surface area (Å²) < 4.78 is 22.0. The number of carbonyl (C=O) groups excluding carboxylic acids is 2. The molecule has 17 heavy (non-hydrogen) atoms. The van der Waals surface area contributed by atoms with E-state index < -0.39 is 22.2 Å². The largest absolute Gasteiger partial charge is 0.397 e. The number of carbonyl (C=O) groups is 2. The molecule has 0 heterocycles. The Hall–Kier alpha value is -1.37. The van der Waals surface area contributed by atoms with E-state index in [9.17, 15) is 18.0 Å². The summed E-state index contributed by atoms with van der Waals surface area (Å²) >= 11 is 0. The molecule has 7 heteroatoms. The van der Waals surface area contributed by atoms with E-state index in [4.69, 9.17) is 0 Å². The number of hydrogen-bond acceptors (Lipinski definition) is 6. The molecule has 1 aliphatic carbocycles. The van der Waals surface area contributed by atoms with E-state index in [-0.39, 0.29) is 10.8 Å². The summed E-state index contributed by atoms with van der Waals surface area (Å²) in [5, 5.41) is 0. The van der Waals surface area contributed by atoms with Crippen molar-refractivity contribution < 1.29 is 27.8 Å². The number of rotatable bonds is 2. The van der Waals surface area contributed by atoms with Crippen LogP contribution in [0.25, 0.3) is 0 Å². The maximum Gasteiger partial charge on any atom is 0.397 e. The van der Waals surface area contributed by atoms with Gasteiger partial charge in [0, 0.05) is 12.8 Å². The lowest BCUT2D eigenvalue weighted by Crippen LogP contribution is -2.29. The van der Waals surface area contributed by atoms with Crippen molar-refractivity contribution in [2.45, 2.75) is 39.0 Å². The summed E-state index contributed by atoms with van der Waals surface area (Å²) in [7, 11) is -2.64. The van der Waals surface area contributed by atoms with Gasteiger partial charge in [-0.05, 0) is 12.8 Å². The Morgan fingerprint density at radius 3 is 2.12 bits per heavy atom. The van der Waals surface area contributed by atoms with E-state index in [0.29, 0.717) is 12.8 Å². The van der Waals surface area contributed by atoms with Gasteiger partial charge in [0.25, 0.3) is 0 Å². The zero-order valence-corrected chi connectivity index (χ0v) is 10.3. The van der Waals surface area contributed by atoms with E-state index in [1.165, 1.54) is 0 Å². The fourth-order valence-electron chi connectivity index (χ4n) is 1.87. The third kappa shape index (κ3) is 4.18. The molecule has 0 amide bonds. The minimum atomic E-state index is -2.64. The predicted molar refractivity (Wildman–Crippen MR) is 58.4 cm³/mol. The van der Waals surface area contributed by atoms with Gasteiger partial charge >= 0.3 is 11.9 Å². The molecule has 0 aromatic carbocycles. The van der Waals surface area contributed by atoms with Crippen molar-refractivity contribution in [3.05, 3.63) is 0 Å². The monoisotopic (exact) mass is 262 g/mol. The van der Waals surface area contributed by atoms with Crippen LogP contribution in [-0.4, -0.2) is 25.2 Å². The lowest BCUT2D eigenvalue weighted by molar-refractivity contribution is -0.251. The van der Waals surface area contributed by atoms with E-state index in [1.807, 2.05) is 0 Å². The lowest BCUT2D eigenvalue weighted by atomic mass is 9.87. The number of hydrogen-bond donors (Lipinski definition) is 0. The van der Waals surface area contributed by atoms with Crippen LogP contribution in [0, 0.1) is 5.92 Å². The molecule has 6 nitrogen and oxygen atoms in total. The summed E-state index contributed by atoms with van der Waals surface area (Å²) in [6, 6.07) is 0. The van der Waals surface area contributed by atoms with Crippen molar-refractivity contribution in [2.75, 3.05) is 0 Å². The van der Waals surface area contributed by atoms with Crippen molar-refractivity contribution in [1.29, 1.82) is 0 Å². The van der Waals surface area contributed by atoms with Crippen molar-refractivity contribution >= 4 is 27.1 Å². The first-order valence-electron chi connectivity index (χ1n) is 5.38. The normalized spacial score (nSPS) is 16.1. The van der Waals surface area contributed by atoms with Crippen LogP contribution >= 0.6 is 0 Å². The van der Waals surface area contributed by atoms with E-state index >= 15 is 0 Å². The van der Waals surface area contributed by atoms with Gasteiger partial charge in [0.15, 0.2) is 4.86 Å². The van der Waals surface area contributed by atoms with E-state index in [1.54, 1.807) is 0 Å². The zero-order valence-electron chi connectivity index (χ0n) is 9.47. The van der Waals surface area contributed by atoms with Crippen molar-refractivity contribution in [1.82, 2.24) is 0 Å². The molecule has 0 saturated heterocycles. The Balaban J connectivity index is 2.76. The molecule has 0 atom stereocenters. The molecule has 0 N–H and O–H groups in total. The van der Waals surface area contributed by atoms with Gasteiger partial charge < -0.3 is 0 Å². The van der Waals surface area contributed by atoms with Gasteiger partial charge in [-0.15, -0.1) is 0 Å². The minimum absolute atomic E-state index is 0.328. The minimum Gasteiger partial charge on any atom is -0.248 e. The fourth-order valence-corrected chi connectivity index (χ4v) is 2.55. The van der Waals surface area contributed by atoms with Crippen LogP contribution in [0.3, 0.4) is 0 Å². The molecule has 1 saturated carbocycles. The summed E-state index contributed by atoms with van der Waals surface area (Å²) in [5.41, 5.74) is 0. The fraction of sp³-hybridized carbons (Fsp3) is 0.700. The molecule has 0 spiro atoms. The third-order valence-corrected chi connectivity index (χ3v) is 3.45. The molecular weight excluding hydrogens is 248 g/mol. The van der Waals surface area contributed by atoms with Crippen molar-refractivity contribution in [3.63, 3.8) is 0 Å². The van der Waals surface area contributed by atoms with Crippen LogP contribution < -0.4 is 0 Å². The van der Waals surface area contributed by atoms with E-state index in [2.05, 4.69) is 9.78 Å². The molecule has 0 radical (unpaired) electrons. The van der Waals surface area contributed by atoms with Gasteiger partial charge in [0.1, 0.15) is 0 Å². The molecule has 0 aromatic rings. The van der Waals surface area contributed by atoms with Crippen LogP contribution in [0.5, 0.6) is 0 Å². The average molecular weight is 262 g/mol. The molecule has 1 fully saturated rings. The summed E-state index contributed by atoms with van der Waals surface area (Å²) in [4.78, 5) is 29.8. The molecule has 1 aliphatic rings. The summed E-state index contributed by atoms with van der Waals surface area (Å²) in [6.07, 6.45) is 4.07. The summed E-state index contributed by atoms with van der Waals surface area (Å²) in [5.74, 6) is -2.23. The van der Waals surface area contributed by atoms with Gasteiger partial charge in [-0.3, -0.25) is 0 Å². The Labute approximate surface area is 100 Å². The smallest absolute Gasteiger partial charge is 0.248 e. The van der Waals surface area contributed by atoms with Crippen molar-refractivity contribution in [3.8, 4) is 0 Å². The van der Waals surface area contributed by atoms with E-state index in [0.717, 1.165) is 26.2 Å². The quantitative estimate of drug-likeness (QED) is 0.412. The first-order valence-corrected chi connectivity index (χ1v) is 6.45. The van der Waals surface area contributed by atoms with Crippen molar-refractivity contribution in [2.24, 2.45) is 5.92 Å². The summed E-state index contributed by atoms with van der Waals surface area (Å²) in [6.45, 7) is 1.06. The maximum absolute atomic E-state index is 11.5. The Morgan fingerprint density at radius 1 is 1.06 bits per heavy atom. The highest BCUT2D eigenvalue weighted by Gasteiger charge is 2.28. The highest BCUT2D eigenvalue weighted by molar-refractivity contribution is 7.74. The maximum atomic E-state index is 11.5. The van der Waals surface area contributed by atoms with Gasteiger partial charge in [-0.1, -0.05) is 19.3 Å². The van der Waals surface area contributed by atoms with Crippen LogP contribution in [0.4, 0.5) is 0 Å². The van der Waals surface area contributed by atoms with Crippen LogP contribution in [0.15, 0.2) is 0 Å². The first-order chi connectivity index (χ1) is 8.02. The van der Waals surface area contributed by atoms with Crippen LogP contribution in [0.2, 0.25) is 0 Å². The Morgan fingerprint density at radius 2 is 1.65 bits per heavy atom. The molecule has 0 aliphatic heterocycles.